The van der Waals surface area contributed by atoms with Gasteiger partial charge in [0, 0.05) is 0 Å². The maximum atomic E-state index is 3.69. The van der Waals surface area contributed by atoms with Gasteiger partial charge < -0.3 is 20.4 Å². The van der Waals surface area contributed by atoms with E-state index in [1.807, 2.05) is 0 Å². The molecule has 2 bridgehead atoms. The summed E-state index contributed by atoms with van der Waals surface area (Å²) in [6.07, 6.45) is 26.6. The molecule has 0 unspecified atom stereocenters. The highest BCUT2D eigenvalue weighted by Crippen LogP contribution is 2.11. The molecule has 196 valence electrons. The lowest BCUT2D eigenvalue weighted by atomic mass is 10.1. The smallest absolute Gasteiger partial charge is 0.00187 e. The minimum atomic E-state index is 1.23. The minimum Gasteiger partial charge on any atom is -0.317 e. The van der Waals surface area contributed by atoms with E-state index in [9.17, 15) is 0 Å². The van der Waals surface area contributed by atoms with Gasteiger partial charge in [-0.2, -0.15) is 0 Å². The fraction of sp³-hybridized carbons (Fsp3) is 1.00. The zero-order valence-electron chi connectivity index (χ0n) is 22.4. The monoisotopic (exact) mass is 464 g/mol. The van der Waals surface area contributed by atoms with Crippen molar-refractivity contribution in [3.8, 4) is 0 Å². The van der Waals surface area contributed by atoms with E-state index in [-0.39, 0.29) is 0 Å². The van der Waals surface area contributed by atoms with Crippen molar-refractivity contribution < 1.29 is 0 Å². The summed E-state index contributed by atoms with van der Waals surface area (Å²) in [7, 11) is 0. The molecule has 2 rings (SSSR count). The van der Waals surface area contributed by atoms with E-state index in [1.54, 1.807) is 0 Å². The van der Waals surface area contributed by atoms with E-state index < -0.39 is 0 Å². The molecule has 0 aromatic carbocycles. The van der Waals surface area contributed by atoms with Crippen LogP contribution in [-0.2, 0) is 0 Å². The first-order valence-electron chi connectivity index (χ1n) is 15.3. The van der Waals surface area contributed by atoms with Crippen molar-refractivity contribution in [3.63, 3.8) is 0 Å². The minimum absolute atomic E-state index is 1.23. The largest absolute Gasteiger partial charge is 0.317 e. The Morgan fingerprint density at radius 2 is 0.455 bits per heavy atom. The van der Waals surface area contributed by atoms with E-state index in [1.165, 1.54) is 187 Å². The van der Waals surface area contributed by atoms with Crippen molar-refractivity contribution in [2.75, 3.05) is 65.4 Å². The standard InChI is InChI=1S/C29H60N4/c1-5-14-24-32-25-15-7-3-12-22-31-23-13-4-8-17-27-33(29-19-9-18-28-32)26-16-6-2-11-21-30-20-10-1/h30-31H,1-29H2. The van der Waals surface area contributed by atoms with Gasteiger partial charge in [-0.3, -0.25) is 0 Å². The van der Waals surface area contributed by atoms with Crippen molar-refractivity contribution in [2.24, 2.45) is 0 Å². The van der Waals surface area contributed by atoms with Crippen LogP contribution < -0.4 is 10.6 Å². The second kappa shape index (κ2) is 22.3. The molecule has 0 aliphatic carbocycles. The molecule has 0 spiro atoms. The number of rotatable bonds is 0. The molecule has 4 nitrogen and oxygen atoms in total. The maximum absolute atomic E-state index is 3.69. The summed E-state index contributed by atoms with van der Waals surface area (Å²) in [5, 5.41) is 7.38. The molecule has 0 aromatic heterocycles. The van der Waals surface area contributed by atoms with Crippen molar-refractivity contribution in [3.05, 3.63) is 0 Å². The molecule has 0 atom stereocenters. The Balaban J connectivity index is 1.83. The van der Waals surface area contributed by atoms with Crippen LogP contribution in [0.15, 0.2) is 0 Å². The Morgan fingerprint density at radius 3 is 0.727 bits per heavy atom. The van der Waals surface area contributed by atoms with Crippen LogP contribution in [0.1, 0.15) is 122 Å². The summed E-state index contributed by atoms with van der Waals surface area (Å²) >= 11 is 0. The number of hydrogen-bond donors (Lipinski definition) is 2. The van der Waals surface area contributed by atoms with E-state index in [2.05, 4.69) is 20.4 Å². The van der Waals surface area contributed by atoms with Crippen molar-refractivity contribution in [1.82, 2.24) is 20.4 Å². The van der Waals surface area contributed by atoms with Gasteiger partial charge in [0.15, 0.2) is 0 Å². The predicted octanol–water partition coefficient (Wildman–Crippen LogP) is 6.21. The van der Waals surface area contributed by atoms with Gasteiger partial charge in [-0.05, 0) is 130 Å². The highest BCUT2D eigenvalue weighted by Gasteiger charge is 2.08. The molecule has 0 amide bonds. The first-order chi connectivity index (χ1) is 16.4. The molecular formula is C29H60N4. The first kappa shape index (κ1) is 29.1. The third-order valence-electron chi connectivity index (χ3n) is 7.76. The second-order valence-electron chi connectivity index (χ2n) is 10.9. The summed E-state index contributed by atoms with van der Waals surface area (Å²) in [5.74, 6) is 0. The second-order valence-corrected chi connectivity index (χ2v) is 10.9. The lowest BCUT2D eigenvalue weighted by Crippen LogP contribution is -2.29. The average Bonchev–Trinajstić information content (AvgIpc) is 2.82. The lowest BCUT2D eigenvalue weighted by molar-refractivity contribution is 0.238. The first-order valence-corrected chi connectivity index (χ1v) is 15.3. The fourth-order valence-corrected chi connectivity index (χ4v) is 5.52. The van der Waals surface area contributed by atoms with Crippen molar-refractivity contribution >= 4 is 0 Å². The highest BCUT2D eigenvalue weighted by atomic mass is 15.1. The van der Waals surface area contributed by atoms with E-state index in [0.29, 0.717) is 0 Å². The summed E-state index contributed by atoms with van der Waals surface area (Å²) < 4.78 is 0. The Morgan fingerprint density at radius 1 is 0.242 bits per heavy atom. The van der Waals surface area contributed by atoms with Crippen LogP contribution >= 0.6 is 0 Å². The molecule has 4 heteroatoms. The average molecular weight is 465 g/mol. The van der Waals surface area contributed by atoms with Crippen LogP contribution in [0.25, 0.3) is 0 Å². The predicted molar refractivity (Wildman–Crippen MR) is 146 cm³/mol. The van der Waals surface area contributed by atoms with E-state index in [0.717, 1.165) is 0 Å². The lowest BCUT2D eigenvalue weighted by Gasteiger charge is -2.24. The summed E-state index contributed by atoms with van der Waals surface area (Å²) in [4.78, 5) is 5.62. The van der Waals surface area contributed by atoms with Gasteiger partial charge in [0.1, 0.15) is 0 Å². The quantitative estimate of drug-likeness (QED) is 0.446. The molecule has 33 heavy (non-hydrogen) atoms. The number of nitrogens with zero attached hydrogens (tertiary/aromatic N) is 2. The highest BCUT2D eigenvalue weighted by molar-refractivity contribution is 4.64. The van der Waals surface area contributed by atoms with Crippen LogP contribution in [0.4, 0.5) is 0 Å². The van der Waals surface area contributed by atoms with E-state index in [4.69, 9.17) is 0 Å². The molecule has 2 fully saturated rings. The summed E-state index contributed by atoms with van der Waals surface area (Å²) in [5.41, 5.74) is 0. The van der Waals surface area contributed by atoms with Crippen LogP contribution in [0.2, 0.25) is 0 Å². The molecule has 2 aliphatic heterocycles. The van der Waals surface area contributed by atoms with Crippen molar-refractivity contribution in [1.29, 1.82) is 0 Å². The molecular weight excluding hydrogens is 404 g/mol. The van der Waals surface area contributed by atoms with Crippen molar-refractivity contribution in [2.45, 2.75) is 122 Å². The van der Waals surface area contributed by atoms with Gasteiger partial charge in [0.25, 0.3) is 0 Å². The number of fused-ring (bicyclic) bond motifs is 6. The maximum Gasteiger partial charge on any atom is -0.00187 e. The Hall–Kier alpha value is -0.160. The zero-order chi connectivity index (χ0) is 23.1. The van der Waals surface area contributed by atoms with Crippen LogP contribution in [-0.4, -0.2) is 75.2 Å². The Labute approximate surface area is 208 Å². The van der Waals surface area contributed by atoms with Crippen LogP contribution in [0.5, 0.6) is 0 Å². The topological polar surface area (TPSA) is 30.5 Å². The molecule has 2 N–H and O–H groups in total. The van der Waals surface area contributed by atoms with Gasteiger partial charge >= 0.3 is 0 Å². The normalized spacial score (nSPS) is 29.1. The van der Waals surface area contributed by atoms with Gasteiger partial charge in [-0.15, -0.1) is 0 Å². The van der Waals surface area contributed by atoms with Crippen LogP contribution in [0, 0.1) is 0 Å². The third-order valence-corrected chi connectivity index (χ3v) is 7.76. The summed E-state index contributed by atoms with van der Waals surface area (Å²) in [6, 6.07) is 0. The summed E-state index contributed by atoms with van der Waals surface area (Å²) in [6.45, 7) is 12.9. The third kappa shape index (κ3) is 17.9. The van der Waals surface area contributed by atoms with Gasteiger partial charge in [0.05, 0.1) is 0 Å². The Kier molecular flexibility index (Phi) is 19.7. The van der Waals surface area contributed by atoms with E-state index >= 15 is 0 Å². The molecule has 2 heterocycles. The Bertz CT molecular complexity index is 339. The van der Waals surface area contributed by atoms with Crippen LogP contribution in [0.3, 0.4) is 0 Å². The molecule has 2 saturated heterocycles. The molecule has 2 aliphatic rings. The van der Waals surface area contributed by atoms with Gasteiger partial charge in [-0.1, -0.05) is 57.8 Å². The number of nitrogens with one attached hydrogen (secondary N) is 2. The number of hydrogen-bond acceptors (Lipinski definition) is 4. The van der Waals surface area contributed by atoms with Gasteiger partial charge in [-0.25, -0.2) is 0 Å². The fourth-order valence-electron chi connectivity index (χ4n) is 5.52. The molecule has 0 saturated carbocycles. The molecule has 0 aromatic rings. The van der Waals surface area contributed by atoms with Gasteiger partial charge in [0.2, 0.25) is 0 Å². The molecule has 0 radical (unpaired) electrons. The zero-order valence-corrected chi connectivity index (χ0v) is 22.4. The SMILES string of the molecule is C1CCCN2CCCCCCNCCCCCCN(CCCCCCNCC1)CCCCC2.